The average Bonchev–Trinajstić information content (AvgIpc) is 3.18. The zero-order valence-electron chi connectivity index (χ0n) is 17.4. The summed E-state index contributed by atoms with van der Waals surface area (Å²) in [4.78, 5) is 11.4. The fraction of sp³-hybridized carbons (Fsp3) is 0.391. The lowest BCUT2D eigenvalue weighted by molar-refractivity contribution is 0.220. The third kappa shape index (κ3) is 3.33. The van der Waals surface area contributed by atoms with Crippen LogP contribution in [-0.4, -0.2) is 44.7 Å². The van der Waals surface area contributed by atoms with Crippen LogP contribution in [0, 0.1) is 19.7 Å². The molecule has 1 aliphatic rings. The molecule has 1 fully saturated rings. The minimum absolute atomic E-state index is 0.333. The molecular formula is C23H24FN5O. The van der Waals surface area contributed by atoms with E-state index in [0.29, 0.717) is 39.4 Å². The first kappa shape index (κ1) is 19.1. The second kappa shape index (κ2) is 7.40. The zero-order valence-corrected chi connectivity index (χ0v) is 17.4. The molecule has 4 aromatic rings. The highest BCUT2D eigenvalue weighted by Crippen LogP contribution is 2.32. The Bertz CT molecular complexity index is 1240. The Hall–Kier alpha value is -2.93. The van der Waals surface area contributed by atoms with Crippen LogP contribution in [-0.2, 0) is 0 Å². The SMILES string of the molecule is CCN1CCC(c2cc3c(F)cc(-c4nc5c(C)nc(C)cc5o4)cc3nn2)CC1. The number of benzene rings is 1. The van der Waals surface area contributed by atoms with E-state index < -0.39 is 0 Å². The van der Waals surface area contributed by atoms with Crippen LogP contribution in [0.5, 0.6) is 0 Å². The van der Waals surface area contributed by atoms with Crippen LogP contribution in [0.15, 0.2) is 28.7 Å². The van der Waals surface area contributed by atoms with Gasteiger partial charge in [-0.15, -0.1) is 0 Å². The summed E-state index contributed by atoms with van der Waals surface area (Å²) in [5, 5.41) is 9.26. The minimum atomic E-state index is -0.335. The number of rotatable bonds is 3. The van der Waals surface area contributed by atoms with Crippen molar-refractivity contribution in [3.63, 3.8) is 0 Å². The first-order valence-electron chi connectivity index (χ1n) is 10.5. The fourth-order valence-electron chi connectivity index (χ4n) is 4.34. The van der Waals surface area contributed by atoms with Gasteiger partial charge in [-0.25, -0.2) is 9.37 Å². The molecular weight excluding hydrogens is 381 g/mol. The number of hydrogen-bond acceptors (Lipinski definition) is 6. The summed E-state index contributed by atoms with van der Waals surface area (Å²) in [5.41, 5.74) is 4.92. The number of aromatic nitrogens is 4. The number of hydrogen-bond donors (Lipinski definition) is 0. The van der Waals surface area contributed by atoms with E-state index in [0.717, 1.165) is 49.6 Å². The molecule has 0 spiro atoms. The van der Waals surface area contributed by atoms with Gasteiger partial charge in [0.05, 0.1) is 16.9 Å². The molecule has 0 unspecified atom stereocenters. The van der Waals surface area contributed by atoms with Gasteiger partial charge in [-0.3, -0.25) is 4.98 Å². The summed E-state index contributed by atoms with van der Waals surface area (Å²) in [6, 6.07) is 6.95. The lowest BCUT2D eigenvalue weighted by Gasteiger charge is -2.30. The molecule has 7 heteroatoms. The number of aryl methyl sites for hydroxylation is 2. The molecule has 3 aromatic heterocycles. The predicted octanol–water partition coefficient (Wildman–Crippen LogP) is 4.79. The number of pyridine rings is 1. The van der Waals surface area contributed by atoms with Crippen LogP contribution < -0.4 is 0 Å². The van der Waals surface area contributed by atoms with Gasteiger partial charge in [-0.1, -0.05) is 6.92 Å². The number of oxazole rings is 1. The maximum atomic E-state index is 15.0. The molecule has 0 saturated carbocycles. The Morgan fingerprint density at radius 2 is 1.87 bits per heavy atom. The minimum Gasteiger partial charge on any atom is -0.436 e. The first-order chi connectivity index (χ1) is 14.5. The predicted molar refractivity (Wildman–Crippen MR) is 114 cm³/mol. The highest BCUT2D eigenvalue weighted by atomic mass is 19.1. The summed E-state index contributed by atoms with van der Waals surface area (Å²) in [7, 11) is 0. The van der Waals surface area contributed by atoms with Crippen molar-refractivity contribution in [3.8, 4) is 11.5 Å². The van der Waals surface area contributed by atoms with Gasteiger partial charge in [0.15, 0.2) is 5.58 Å². The lowest BCUT2D eigenvalue weighted by atomic mass is 9.92. The Balaban J connectivity index is 1.51. The quantitative estimate of drug-likeness (QED) is 0.488. The van der Waals surface area contributed by atoms with Gasteiger partial charge >= 0.3 is 0 Å². The normalized spacial score (nSPS) is 16.0. The van der Waals surface area contributed by atoms with Crippen molar-refractivity contribution < 1.29 is 8.81 Å². The lowest BCUT2D eigenvalue weighted by Crippen LogP contribution is -2.32. The van der Waals surface area contributed by atoms with Crippen molar-refractivity contribution in [2.45, 2.75) is 39.5 Å². The number of fused-ring (bicyclic) bond motifs is 2. The van der Waals surface area contributed by atoms with Crippen LogP contribution in [0.25, 0.3) is 33.5 Å². The Kier molecular flexibility index (Phi) is 4.70. The number of nitrogens with zero attached hydrogens (tertiary/aromatic N) is 5. The van der Waals surface area contributed by atoms with E-state index in [-0.39, 0.29) is 5.82 Å². The van der Waals surface area contributed by atoms with Crippen molar-refractivity contribution in [3.05, 3.63) is 47.2 Å². The summed E-state index contributed by atoms with van der Waals surface area (Å²) in [6.45, 7) is 9.14. The molecule has 0 atom stereocenters. The molecule has 4 heterocycles. The van der Waals surface area contributed by atoms with Crippen LogP contribution in [0.4, 0.5) is 4.39 Å². The smallest absolute Gasteiger partial charge is 0.227 e. The number of piperidine rings is 1. The standard InChI is InChI=1S/C23H24FN5O/c1-4-29-7-5-15(6-8-29)19-12-17-18(24)10-16(11-20(17)28-27-19)23-26-22-14(3)25-13(2)9-21(22)30-23/h9-12,15H,4-8H2,1-3H3. The van der Waals surface area contributed by atoms with Crippen molar-refractivity contribution >= 4 is 22.0 Å². The second-order valence-corrected chi connectivity index (χ2v) is 8.08. The van der Waals surface area contributed by atoms with Crippen molar-refractivity contribution in [1.82, 2.24) is 25.1 Å². The average molecular weight is 405 g/mol. The van der Waals surface area contributed by atoms with E-state index in [1.165, 1.54) is 6.07 Å². The Morgan fingerprint density at radius 1 is 1.07 bits per heavy atom. The maximum Gasteiger partial charge on any atom is 0.227 e. The van der Waals surface area contributed by atoms with Crippen LogP contribution in [0.2, 0.25) is 0 Å². The van der Waals surface area contributed by atoms with Crippen LogP contribution in [0.3, 0.4) is 0 Å². The van der Waals surface area contributed by atoms with E-state index in [9.17, 15) is 0 Å². The van der Waals surface area contributed by atoms with Gasteiger partial charge in [0, 0.05) is 28.6 Å². The second-order valence-electron chi connectivity index (χ2n) is 8.08. The molecule has 0 bridgehead atoms. The summed E-state index contributed by atoms with van der Waals surface area (Å²) in [5.74, 6) is 0.358. The molecule has 1 saturated heterocycles. The zero-order chi connectivity index (χ0) is 20.8. The topological polar surface area (TPSA) is 67.9 Å². The molecule has 0 N–H and O–H groups in total. The highest BCUT2D eigenvalue weighted by molar-refractivity contribution is 5.85. The van der Waals surface area contributed by atoms with Crippen molar-refractivity contribution in [2.75, 3.05) is 19.6 Å². The Labute approximate surface area is 174 Å². The van der Waals surface area contributed by atoms with E-state index in [2.05, 4.69) is 32.0 Å². The van der Waals surface area contributed by atoms with E-state index >= 15 is 4.39 Å². The number of likely N-dealkylation sites (tertiary alicyclic amines) is 1. The number of halogens is 1. The molecule has 1 aliphatic heterocycles. The van der Waals surface area contributed by atoms with Crippen LogP contribution >= 0.6 is 0 Å². The molecule has 0 aliphatic carbocycles. The molecule has 5 rings (SSSR count). The maximum absolute atomic E-state index is 15.0. The molecule has 0 amide bonds. The first-order valence-corrected chi connectivity index (χ1v) is 10.5. The Morgan fingerprint density at radius 3 is 2.63 bits per heavy atom. The molecule has 154 valence electrons. The van der Waals surface area contributed by atoms with Gasteiger partial charge in [0.1, 0.15) is 11.3 Å². The van der Waals surface area contributed by atoms with Crippen molar-refractivity contribution in [2.24, 2.45) is 0 Å². The fourth-order valence-corrected chi connectivity index (χ4v) is 4.34. The van der Waals surface area contributed by atoms with E-state index in [1.54, 1.807) is 6.07 Å². The van der Waals surface area contributed by atoms with Crippen molar-refractivity contribution in [1.29, 1.82) is 0 Å². The summed E-state index contributed by atoms with van der Waals surface area (Å²) >= 11 is 0. The third-order valence-electron chi connectivity index (χ3n) is 6.05. The molecule has 30 heavy (non-hydrogen) atoms. The van der Waals surface area contributed by atoms with Gasteiger partial charge in [0.2, 0.25) is 5.89 Å². The van der Waals surface area contributed by atoms with Gasteiger partial charge < -0.3 is 9.32 Å². The largest absolute Gasteiger partial charge is 0.436 e. The third-order valence-corrected chi connectivity index (χ3v) is 6.05. The van der Waals surface area contributed by atoms with Gasteiger partial charge in [0.25, 0.3) is 0 Å². The molecule has 1 aromatic carbocycles. The molecule has 6 nitrogen and oxygen atoms in total. The van der Waals surface area contributed by atoms with E-state index in [1.807, 2.05) is 26.0 Å². The van der Waals surface area contributed by atoms with Crippen LogP contribution in [0.1, 0.15) is 42.8 Å². The summed E-state index contributed by atoms with van der Waals surface area (Å²) in [6.07, 6.45) is 2.06. The van der Waals surface area contributed by atoms with Gasteiger partial charge in [-0.2, -0.15) is 10.2 Å². The van der Waals surface area contributed by atoms with E-state index in [4.69, 9.17) is 4.42 Å². The highest BCUT2D eigenvalue weighted by Gasteiger charge is 2.22. The monoisotopic (exact) mass is 405 g/mol. The van der Waals surface area contributed by atoms with Gasteiger partial charge in [-0.05, 0) is 64.5 Å². The molecule has 0 radical (unpaired) electrons. The summed E-state index contributed by atoms with van der Waals surface area (Å²) < 4.78 is 20.9.